The molecular formula is C10H15N5O9P2S. The summed E-state index contributed by atoms with van der Waals surface area (Å²) < 4.78 is 26.9. The minimum absolute atomic E-state index is 0.105. The van der Waals surface area contributed by atoms with Crippen LogP contribution in [0.1, 0.15) is 6.23 Å². The number of nitrogens with two attached hydrogens (primary N) is 1. The first-order valence-electron chi connectivity index (χ1n) is 7.17. The average molecular weight is 443 g/mol. The number of nitrogens with zero attached hydrogens (tertiary/aromatic N) is 4. The predicted molar refractivity (Wildman–Crippen MR) is 91.2 cm³/mol. The van der Waals surface area contributed by atoms with Crippen LogP contribution in [0.15, 0.2) is 12.7 Å². The zero-order valence-corrected chi connectivity index (χ0v) is 15.8. The van der Waals surface area contributed by atoms with Crippen molar-refractivity contribution in [3.05, 3.63) is 12.7 Å². The number of ether oxygens (including phenoxy) is 1. The molecule has 150 valence electrons. The third kappa shape index (κ3) is 4.50. The van der Waals surface area contributed by atoms with Crippen LogP contribution in [-0.4, -0.2) is 69.3 Å². The molecule has 3 heterocycles. The average Bonchev–Trinajstić information content (AvgIpc) is 3.07. The SMILES string of the molecule is Nc1ncnc2c1ncn2[C@H]1O[C@@H](COP(=O)(O)OP(O)(O)=S)[C@@H](O)[C@H]1O. The van der Waals surface area contributed by atoms with Crippen LogP contribution in [0.25, 0.3) is 11.2 Å². The topological polar surface area (TPSA) is 216 Å². The van der Waals surface area contributed by atoms with Crippen molar-refractivity contribution in [3.8, 4) is 0 Å². The van der Waals surface area contributed by atoms with E-state index < -0.39 is 45.7 Å². The molecule has 0 bridgehead atoms. The van der Waals surface area contributed by atoms with Crippen molar-refractivity contribution in [2.24, 2.45) is 0 Å². The Balaban J connectivity index is 1.75. The minimum Gasteiger partial charge on any atom is -0.387 e. The van der Waals surface area contributed by atoms with E-state index in [9.17, 15) is 19.7 Å². The van der Waals surface area contributed by atoms with Crippen molar-refractivity contribution >= 4 is 43.3 Å². The lowest BCUT2D eigenvalue weighted by Crippen LogP contribution is -2.33. The Bertz CT molecular complexity index is 937. The largest absolute Gasteiger partial charge is 0.479 e. The summed E-state index contributed by atoms with van der Waals surface area (Å²) in [4.78, 5) is 39.0. The zero-order chi connectivity index (χ0) is 20.0. The van der Waals surface area contributed by atoms with Crippen LogP contribution in [0.3, 0.4) is 0 Å². The molecule has 1 unspecified atom stereocenters. The number of nitrogen functional groups attached to an aromatic ring is 1. The lowest BCUT2D eigenvalue weighted by Gasteiger charge is -2.18. The number of aliphatic hydroxyl groups excluding tert-OH is 2. The number of anilines is 1. The van der Waals surface area contributed by atoms with Gasteiger partial charge in [-0.3, -0.25) is 9.09 Å². The molecule has 1 aliphatic rings. The van der Waals surface area contributed by atoms with Gasteiger partial charge in [-0.1, -0.05) is 0 Å². The molecule has 0 aromatic carbocycles. The van der Waals surface area contributed by atoms with Gasteiger partial charge >= 0.3 is 14.5 Å². The molecule has 0 saturated carbocycles. The van der Waals surface area contributed by atoms with Crippen molar-refractivity contribution < 1.29 is 43.0 Å². The third-order valence-electron chi connectivity index (χ3n) is 3.61. The van der Waals surface area contributed by atoms with Crippen LogP contribution < -0.4 is 5.73 Å². The molecule has 14 nitrogen and oxygen atoms in total. The molecule has 2 aromatic rings. The lowest BCUT2D eigenvalue weighted by atomic mass is 10.1. The standard InChI is InChI=1S/C10H15N5O9P2S/c11-8-5-9(13-2-12-8)15(3-14-5)10-7(17)6(16)4(23-10)1-22-25(18,19)24-26(20,21)27/h2-4,6-7,10,16-17H,1H2,(H,18,19)(H2,11,12,13)(H2,20,21,27)/t4-,6+,7+,10-/m0/s1. The first-order valence-corrected chi connectivity index (χ1v) is 11.3. The highest BCUT2D eigenvalue weighted by Gasteiger charge is 2.45. The van der Waals surface area contributed by atoms with Crippen molar-refractivity contribution in [1.29, 1.82) is 0 Å². The van der Waals surface area contributed by atoms with Gasteiger partial charge in [-0.15, -0.1) is 0 Å². The van der Waals surface area contributed by atoms with E-state index in [0.29, 0.717) is 0 Å². The second-order valence-corrected chi connectivity index (χ2v) is 9.72. The number of hydrogen-bond donors (Lipinski definition) is 6. The van der Waals surface area contributed by atoms with Gasteiger partial charge in [-0.05, 0) is 11.8 Å². The van der Waals surface area contributed by atoms with Gasteiger partial charge in [0.1, 0.15) is 30.2 Å². The van der Waals surface area contributed by atoms with Crippen molar-refractivity contribution in [2.75, 3.05) is 12.3 Å². The van der Waals surface area contributed by atoms with Gasteiger partial charge < -0.3 is 35.4 Å². The molecule has 27 heavy (non-hydrogen) atoms. The van der Waals surface area contributed by atoms with E-state index in [0.717, 1.165) is 0 Å². The van der Waals surface area contributed by atoms with Crippen LogP contribution in [0, 0.1) is 0 Å². The first kappa shape index (κ1) is 20.6. The van der Waals surface area contributed by atoms with E-state index in [4.69, 9.17) is 20.3 Å². The highest BCUT2D eigenvalue weighted by Crippen LogP contribution is 2.58. The van der Waals surface area contributed by atoms with Gasteiger partial charge in [0.05, 0.1) is 12.9 Å². The molecule has 2 aromatic heterocycles. The van der Waals surface area contributed by atoms with Crippen molar-refractivity contribution in [2.45, 2.75) is 24.5 Å². The number of fused-ring (bicyclic) bond motifs is 1. The number of phosphoric acid groups is 1. The Hall–Kier alpha value is -1.09. The predicted octanol–water partition coefficient (Wildman–Crippen LogP) is -1.63. The monoisotopic (exact) mass is 443 g/mol. The van der Waals surface area contributed by atoms with E-state index >= 15 is 0 Å². The maximum atomic E-state index is 11.6. The molecule has 0 aliphatic carbocycles. The molecule has 3 rings (SSSR count). The summed E-state index contributed by atoms with van der Waals surface area (Å²) >= 11 is 4.09. The molecule has 0 amide bonds. The summed E-state index contributed by atoms with van der Waals surface area (Å²) in [6.07, 6.45) is -2.95. The Labute approximate surface area is 156 Å². The minimum atomic E-state index is -4.92. The Morgan fingerprint density at radius 2 is 1.96 bits per heavy atom. The molecule has 7 N–H and O–H groups in total. The zero-order valence-electron chi connectivity index (χ0n) is 13.2. The Morgan fingerprint density at radius 1 is 1.26 bits per heavy atom. The van der Waals surface area contributed by atoms with Gasteiger partial charge in [-0.2, -0.15) is 0 Å². The molecule has 5 atom stereocenters. The highest BCUT2D eigenvalue weighted by atomic mass is 32.5. The molecule has 1 saturated heterocycles. The van der Waals surface area contributed by atoms with Crippen LogP contribution in [-0.2, 0) is 29.9 Å². The number of aromatic nitrogens is 4. The Kier molecular flexibility index (Phi) is 5.65. The van der Waals surface area contributed by atoms with E-state index in [1.165, 1.54) is 17.2 Å². The third-order valence-corrected chi connectivity index (χ3v) is 6.36. The molecule has 0 radical (unpaired) electrons. The summed E-state index contributed by atoms with van der Waals surface area (Å²) in [5.74, 6) is 0.105. The maximum absolute atomic E-state index is 11.6. The normalized spacial score (nSPS) is 28.5. The van der Waals surface area contributed by atoms with Crippen LogP contribution >= 0.6 is 14.5 Å². The fourth-order valence-corrected chi connectivity index (χ4v) is 4.84. The second kappa shape index (κ2) is 7.39. The molecule has 17 heteroatoms. The van der Waals surface area contributed by atoms with E-state index in [1.54, 1.807) is 0 Å². The Morgan fingerprint density at radius 3 is 2.63 bits per heavy atom. The highest BCUT2D eigenvalue weighted by molar-refractivity contribution is 8.08. The number of hydrogen-bond acceptors (Lipinski definition) is 11. The second-order valence-electron chi connectivity index (χ2n) is 5.47. The number of phosphoric ester groups is 1. The summed E-state index contributed by atoms with van der Waals surface area (Å²) in [7, 11) is -4.92. The number of imidazole rings is 1. The van der Waals surface area contributed by atoms with E-state index in [1.807, 2.05) is 0 Å². The van der Waals surface area contributed by atoms with Crippen molar-refractivity contribution in [3.63, 3.8) is 0 Å². The van der Waals surface area contributed by atoms with Crippen LogP contribution in [0.5, 0.6) is 0 Å². The lowest BCUT2D eigenvalue weighted by molar-refractivity contribution is -0.0502. The summed E-state index contributed by atoms with van der Waals surface area (Å²) in [5.41, 5.74) is 6.18. The van der Waals surface area contributed by atoms with Crippen LogP contribution in [0.2, 0.25) is 0 Å². The van der Waals surface area contributed by atoms with Gasteiger partial charge in [-0.25, -0.2) is 23.8 Å². The van der Waals surface area contributed by atoms with Crippen LogP contribution in [0.4, 0.5) is 5.82 Å². The molecule has 0 spiro atoms. The van der Waals surface area contributed by atoms with Gasteiger partial charge in [0, 0.05) is 0 Å². The van der Waals surface area contributed by atoms with E-state index in [2.05, 4.69) is 35.6 Å². The maximum Gasteiger partial charge on any atom is 0.479 e. The fraction of sp³-hybridized carbons (Fsp3) is 0.500. The summed E-state index contributed by atoms with van der Waals surface area (Å²) in [6.45, 7) is -5.18. The van der Waals surface area contributed by atoms with Gasteiger partial charge in [0.25, 0.3) is 0 Å². The molecule has 1 fully saturated rings. The smallest absolute Gasteiger partial charge is 0.387 e. The fourth-order valence-electron chi connectivity index (χ4n) is 2.48. The summed E-state index contributed by atoms with van der Waals surface area (Å²) in [6, 6.07) is 0. The molecule has 1 aliphatic heterocycles. The summed E-state index contributed by atoms with van der Waals surface area (Å²) in [5, 5.41) is 20.3. The number of rotatable bonds is 6. The number of aliphatic hydroxyl groups is 2. The van der Waals surface area contributed by atoms with Gasteiger partial charge in [0.2, 0.25) is 0 Å². The van der Waals surface area contributed by atoms with Crippen molar-refractivity contribution in [1.82, 2.24) is 19.5 Å². The van der Waals surface area contributed by atoms with Gasteiger partial charge in [0.15, 0.2) is 17.7 Å². The quantitative estimate of drug-likeness (QED) is 0.276. The first-order chi connectivity index (χ1) is 12.5. The van der Waals surface area contributed by atoms with E-state index in [-0.39, 0.29) is 17.0 Å². The molecular weight excluding hydrogens is 428 g/mol.